The summed E-state index contributed by atoms with van der Waals surface area (Å²) in [6.07, 6.45) is 2.54. The summed E-state index contributed by atoms with van der Waals surface area (Å²) >= 11 is 0. The van der Waals surface area contributed by atoms with Crippen molar-refractivity contribution in [3.8, 4) is 0 Å². The minimum atomic E-state index is 0.000867. The number of amides is 2. The van der Waals surface area contributed by atoms with Crippen molar-refractivity contribution >= 4 is 17.4 Å². The number of hydrogen-bond acceptors (Lipinski definition) is 3. The van der Waals surface area contributed by atoms with E-state index in [0.29, 0.717) is 6.04 Å². The van der Waals surface area contributed by atoms with Crippen molar-refractivity contribution in [2.75, 3.05) is 49.5 Å². The molecule has 5 heteroatoms. The quantitative estimate of drug-likeness (QED) is 0.867. The molecule has 2 fully saturated rings. The first-order valence-corrected chi connectivity index (χ1v) is 10.4. The highest BCUT2D eigenvalue weighted by Gasteiger charge is 2.24. The lowest BCUT2D eigenvalue weighted by Crippen LogP contribution is -2.50. The van der Waals surface area contributed by atoms with Gasteiger partial charge in [0.15, 0.2) is 0 Å². The molecular formula is C23H30N4O. The van der Waals surface area contributed by atoms with Crippen LogP contribution < -0.4 is 10.2 Å². The SMILES string of the molecule is CC(c1ccccc1)N1CCN(C(=O)Nc2ccc(N3CCCC3)cc2)CC1. The molecule has 2 aliphatic heterocycles. The number of carbonyl (C=O) groups is 1. The van der Waals surface area contributed by atoms with Crippen LogP contribution in [0.3, 0.4) is 0 Å². The molecule has 1 atom stereocenters. The molecule has 5 nitrogen and oxygen atoms in total. The van der Waals surface area contributed by atoms with Gasteiger partial charge >= 0.3 is 6.03 Å². The fourth-order valence-electron chi connectivity index (χ4n) is 4.19. The molecule has 0 aliphatic carbocycles. The normalized spacial score (nSPS) is 18.9. The van der Waals surface area contributed by atoms with Gasteiger partial charge in [0, 0.05) is 56.7 Å². The Hall–Kier alpha value is -2.53. The highest BCUT2D eigenvalue weighted by atomic mass is 16.2. The zero-order valence-electron chi connectivity index (χ0n) is 16.7. The third kappa shape index (κ3) is 4.30. The maximum absolute atomic E-state index is 12.6. The zero-order chi connectivity index (χ0) is 19.3. The van der Waals surface area contributed by atoms with Gasteiger partial charge in [0.1, 0.15) is 0 Å². The molecule has 148 valence electrons. The van der Waals surface area contributed by atoms with Crippen molar-refractivity contribution in [1.29, 1.82) is 0 Å². The summed E-state index contributed by atoms with van der Waals surface area (Å²) in [6.45, 7) is 7.83. The Morgan fingerprint density at radius 1 is 0.857 bits per heavy atom. The molecule has 1 N–H and O–H groups in total. The van der Waals surface area contributed by atoms with Crippen molar-refractivity contribution in [3.63, 3.8) is 0 Å². The Kier molecular flexibility index (Phi) is 5.81. The molecule has 0 radical (unpaired) electrons. The Bertz CT molecular complexity index is 763. The lowest BCUT2D eigenvalue weighted by atomic mass is 10.1. The van der Waals surface area contributed by atoms with Gasteiger partial charge in [0.2, 0.25) is 0 Å². The molecule has 0 saturated carbocycles. The van der Waals surface area contributed by atoms with E-state index in [-0.39, 0.29) is 6.03 Å². The van der Waals surface area contributed by atoms with Crippen molar-refractivity contribution in [2.24, 2.45) is 0 Å². The van der Waals surface area contributed by atoms with E-state index in [2.05, 4.69) is 64.5 Å². The molecule has 4 rings (SSSR count). The van der Waals surface area contributed by atoms with E-state index >= 15 is 0 Å². The van der Waals surface area contributed by atoms with Crippen LogP contribution in [-0.2, 0) is 0 Å². The second-order valence-electron chi connectivity index (χ2n) is 7.78. The van der Waals surface area contributed by atoms with Crippen molar-refractivity contribution in [3.05, 3.63) is 60.2 Å². The summed E-state index contributed by atoms with van der Waals surface area (Å²) in [5.74, 6) is 0. The Morgan fingerprint density at radius 2 is 1.50 bits per heavy atom. The molecule has 2 heterocycles. The molecule has 1 unspecified atom stereocenters. The Labute approximate surface area is 167 Å². The topological polar surface area (TPSA) is 38.8 Å². The lowest BCUT2D eigenvalue weighted by molar-refractivity contribution is 0.119. The predicted molar refractivity (Wildman–Crippen MR) is 115 cm³/mol. The molecule has 2 aromatic rings. The second-order valence-corrected chi connectivity index (χ2v) is 7.78. The van der Waals surface area contributed by atoms with Gasteiger partial charge in [0.25, 0.3) is 0 Å². The molecule has 2 aromatic carbocycles. The van der Waals surface area contributed by atoms with Gasteiger partial charge < -0.3 is 15.1 Å². The van der Waals surface area contributed by atoms with Crippen LogP contribution in [0.5, 0.6) is 0 Å². The number of urea groups is 1. The maximum atomic E-state index is 12.6. The number of nitrogens with zero attached hydrogens (tertiary/aromatic N) is 3. The van der Waals surface area contributed by atoms with Crippen molar-refractivity contribution in [2.45, 2.75) is 25.8 Å². The van der Waals surface area contributed by atoms with Crippen molar-refractivity contribution < 1.29 is 4.79 Å². The van der Waals surface area contributed by atoms with E-state index in [4.69, 9.17) is 0 Å². The summed E-state index contributed by atoms with van der Waals surface area (Å²) in [4.78, 5) is 19.4. The van der Waals surface area contributed by atoms with Gasteiger partial charge in [-0.15, -0.1) is 0 Å². The van der Waals surface area contributed by atoms with Crippen LogP contribution in [0.2, 0.25) is 0 Å². The predicted octanol–water partition coefficient (Wildman–Crippen LogP) is 4.20. The van der Waals surface area contributed by atoms with Crippen LogP contribution in [0.15, 0.2) is 54.6 Å². The van der Waals surface area contributed by atoms with E-state index in [1.165, 1.54) is 24.1 Å². The molecule has 2 amide bonds. The Morgan fingerprint density at radius 3 is 2.14 bits per heavy atom. The summed E-state index contributed by atoms with van der Waals surface area (Å²) < 4.78 is 0. The molecule has 28 heavy (non-hydrogen) atoms. The van der Waals surface area contributed by atoms with E-state index in [1.54, 1.807) is 0 Å². The monoisotopic (exact) mass is 378 g/mol. The van der Waals surface area contributed by atoms with E-state index in [9.17, 15) is 4.79 Å². The van der Waals surface area contributed by atoms with Gasteiger partial charge in [0.05, 0.1) is 0 Å². The zero-order valence-corrected chi connectivity index (χ0v) is 16.7. The lowest BCUT2D eigenvalue weighted by Gasteiger charge is -2.38. The number of nitrogens with one attached hydrogen (secondary N) is 1. The number of hydrogen-bond donors (Lipinski definition) is 1. The number of rotatable bonds is 4. The number of benzene rings is 2. The van der Waals surface area contributed by atoms with Crippen LogP contribution in [0.25, 0.3) is 0 Å². The highest BCUT2D eigenvalue weighted by Crippen LogP contribution is 2.23. The van der Waals surface area contributed by atoms with Crippen LogP contribution in [0.1, 0.15) is 31.4 Å². The van der Waals surface area contributed by atoms with E-state index in [1.807, 2.05) is 17.0 Å². The highest BCUT2D eigenvalue weighted by molar-refractivity contribution is 5.89. The number of piperazine rings is 1. The third-order valence-corrected chi connectivity index (χ3v) is 6.02. The number of carbonyl (C=O) groups excluding carboxylic acids is 1. The fraction of sp³-hybridized carbons (Fsp3) is 0.435. The molecule has 0 aromatic heterocycles. The summed E-state index contributed by atoms with van der Waals surface area (Å²) in [6, 6.07) is 19.2. The van der Waals surface area contributed by atoms with Gasteiger partial charge in [-0.05, 0) is 49.6 Å². The fourth-order valence-corrected chi connectivity index (χ4v) is 4.19. The summed E-state index contributed by atoms with van der Waals surface area (Å²) in [5.41, 5.74) is 3.45. The van der Waals surface area contributed by atoms with Gasteiger partial charge in [-0.1, -0.05) is 30.3 Å². The first-order valence-electron chi connectivity index (χ1n) is 10.4. The maximum Gasteiger partial charge on any atom is 0.321 e. The van der Waals surface area contributed by atoms with Crippen LogP contribution in [0, 0.1) is 0 Å². The van der Waals surface area contributed by atoms with Gasteiger partial charge in [-0.2, -0.15) is 0 Å². The second kappa shape index (κ2) is 8.65. The van der Waals surface area contributed by atoms with Gasteiger partial charge in [-0.3, -0.25) is 4.90 Å². The average Bonchev–Trinajstić information content (AvgIpc) is 3.29. The van der Waals surface area contributed by atoms with Crippen LogP contribution >= 0.6 is 0 Å². The standard InChI is InChI=1S/C23H30N4O/c1-19(20-7-3-2-4-8-20)25-15-17-27(18-16-25)23(28)24-21-9-11-22(12-10-21)26-13-5-6-14-26/h2-4,7-12,19H,5-6,13-18H2,1H3,(H,24,28). The van der Waals surface area contributed by atoms with Crippen LogP contribution in [0.4, 0.5) is 16.2 Å². The number of anilines is 2. The minimum absolute atomic E-state index is 0.000867. The average molecular weight is 379 g/mol. The molecular weight excluding hydrogens is 348 g/mol. The Balaban J connectivity index is 1.28. The van der Waals surface area contributed by atoms with E-state index in [0.717, 1.165) is 45.0 Å². The third-order valence-electron chi connectivity index (χ3n) is 6.02. The van der Waals surface area contributed by atoms with Gasteiger partial charge in [-0.25, -0.2) is 4.79 Å². The summed E-state index contributed by atoms with van der Waals surface area (Å²) in [7, 11) is 0. The molecule has 2 aliphatic rings. The molecule has 0 spiro atoms. The van der Waals surface area contributed by atoms with E-state index < -0.39 is 0 Å². The molecule has 2 saturated heterocycles. The van der Waals surface area contributed by atoms with Crippen molar-refractivity contribution in [1.82, 2.24) is 9.80 Å². The smallest absolute Gasteiger partial charge is 0.321 e. The van der Waals surface area contributed by atoms with Crippen LogP contribution in [-0.4, -0.2) is 55.1 Å². The first kappa shape index (κ1) is 18.8. The largest absolute Gasteiger partial charge is 0.372 e. The minimum Gasteiger partial charge on any atom is -0.372 e. The molecule has 0 bridgehead atoms. The first-order chi connectivity index (χ1) is 13.7. The summed E-state index contributed by atoms with van der Waals surface area (Å²) in [5, 5.41) is 3.06.